The first-order valence-corrected chi connectivity index (χ1v) is 8.10. The molecule has 1 atom stereocenters. The molecule has 3 aromatic heterocycles. The van der Waals surface area contributed by atoms with E-state index in [2.05, 4.69) is 44.4 Å². The van der Waals surface area contributed by atoms with Gasteiger partial charge >= 0.3 is 0 Å². The van der Waals surface area contributed by atoms with E-state index >= 15 is 0 Å². The second kappa shape index (κ2) is 6.04. The van der Waals surface area contributed by atoms with Crippen LogP contribution in [0.25, 0.3) is 11.0 Å². The molecule has 1 aliphatic heterocycles. The van der Waals surface area contributed by atoms with Gasteiger partial charge in [0.05, 0.1) is 17.1 Å². The van der Waals surface area contributed by atoms with E-state index in [9.17, 15) is 4.79 Å². The molecule has 0 radical (unpaired) electrons. The number of anilines is 2. The van der Waals surface area contributed by atoms with E-state index in [4.69, 9.17) is 4.74 Å². The highest BCUT2D eigenvalue weighted by atomic mass is 16.5. The fraction of sp³-hybridized carbons (Fsp3) is 0.294. The number of pyridine rings is 1. The molecule has 0 unspecified atom stereocenters. The highest BCUT2D eigenvalue weighted by molar-refractivity contribution is 5.94. The van der Waals surface area contributed by atoms with E-state index < -0.39 is 0 Å². The maximum atomic E-state index is 11.5. The van der Waals surface area contributed by atoms with Crippen LogP contribution in [0.1, 0.15) is 25.6 Å². The third-order valence-electron chi connectivity index (χ3n) is 4.13. The zero-order valence-corrected chi connectivity index (χ0v) is 13.9. The molecule has 0 saturated heterocycles. The molecule has 128 valence electrons. The smallest absolute Gasteiger partial charge is 0.263 e. The number of carbonyl (C=O) groups is 1. The van der Waals surface area contributed by atoms with Gasteiger partial charge in [0, 0.05) is 6.20 Å². The van der Waals surface area contributed by atoms with Crippen molar-refractivity contribution in [3.63, 3.8) is 0 Å². The number of fused-ring (bicyclic) bond motifs is 2. The highest BCUT2D eigenvalue weighted by Gasteiger charge is 2.23. The molecule has 0 bridgehead atoms. The molecule has 4 rings (SSSR count). The lowest BCUT2D eigenvalue weighted by Gasteiger charge is -2.25. The summed E-state index contributed by atoms with van der Waals surface area (Å²) in [4.78, 5) is 27.8. The van der Waals surface area contributed by atoms with Gasteiger partial charge in [-0.3, -0.25) is 4.79 Å². The third kappa shape index (κ3) is 2.86. The van der Waals surface area contributed by atoms with Crippen LogP contribution in [0.2, 0.25) is 0 Å². The van der Waals surface area contributed by atoms with Crippen molar-refractivity contribution < 1.29 is 9.53 Å². The van der Waals surface area contributed by atoms with Gasteiger partial charge in [0.1, 0.15) is 17.8 Å². The predicted octanol–water partition coefficient (Wildman–Crippen LogP) is 2.49. The van der Waals surface area contributed by atoms with E-state index in [0.29, 0.717) is 11.6 Å². The Labute approximate surface area is 144 Å². The summed E-state index contributed by atoms with van der Waals surface area (Å²) in [7, 11) is 0. The molecule has 4 heterocycles. The highest BCUT2D eigenvalue weighted by Crippen LogP contribution is 2.32. The molecule has 8 heteroatoms. The summed E-state index contributed by atoms with van der Waals surface area (Å²) in [6.45, 7) is 4.22. The van der Waals surface area contributed by atoms with Crippen molar-refractivity contribution in [2.24, 2.45) is 5.92 Å². The molecule has 0 fully saturated rings. The van der Waals surface area contributed by atoms with E-state index in [1.165, 1.54) is 6.33 Å². The fourth-order valence-electron chi connectivity index (χ4n) is 2.87. The first-order valence-electron chi connectivity index (χ1n) is 8.10. The predicted molar refractivity (Wildman–Crippen MR) is 93.5 cm³/mol. The Morgan fingerprint density at radius 1 is 1.24 bits per heavy atom. The Balaban J connectivity index is 1.69. The van der Waals surface area contributed by atoms with Crippen molar-refractivity contribution in [1.29, 1.82) is 0 Å². The minimum Gasteiger partial charge on any atom is -0.480 e. The summed E-state index contributed by atoms with van der Waals surface area (Å²) in [5, 5.41) is 7.12. The van der Waals surface area contributed by atoms with Gasteiger partial charge in [0.25, 0.3) is 5.91 Å². The number of hydrogen-bond donors (Lipinski definition) is 3. The number of nitrogens with zero attached hydrogens (tertiary/aromatic N) is 3. The minimum absolute atomic E-state index is 0.0201. The minimum atomic E-state index is -0.198. The Bertz CT molecular complexity index is 936. The van der Waals surface area contributed by atoms with Gasteiger partial charge in [-0.05, 0) is 24.1 Å². The van der Waals surface area contributed by atoms with Gasteiger partial charge in [-0.25, -0.2) is 15.0 Å². The van der Waals surface area contributed by atoms with E-state index in [1.54, 1.807) is 0 Å². The van der Waals surface area contributed by atoms with Crippen LogP contribution in [0, 0.1) is 5.92 Å². The van der Waals surface area contributed by atoms with Gasteiger partial charge in [-0.1, -0.05) is 13.8 Å². The summed E-state index contributed by atoms with van der Waals surface area (Å²) in [6.07, 6.45) is 3.35. The average Bonchev–Trinajstić information content (AvgIpc) is 3.08. The van der Waals surface area contributed by atoms with Crippen LogP contribution in [0.15, 0.2) is 30.7 Å². The van der Waals surface area contributed by atoms with Gasteiger partial charge in [-0.2, -0.15) is 0 Å². The number of aromatic nitrogens is 4. The van der Waals surface area contributed by atoms with Crippen molar-refractivity contribution in [2.45, 2.75) is 19.9 Å². The molecule has 0 aliphatic carbocycles. The number of hydrogen-bond acceptors (Lipinski definition) is 6. The molecule has 0 aromatic carbocycles. The summed E-state index contributed by atoms with van der Waals surface area (Å²) in [5.41, 5.74) is 1.58. The van der Waals surface area contributed by atoms with Crippen molar-refractivity contribution >= 4 is 28.6 Å². The molecule has 3 N–H and O–H groups in total. The van der Waals surface area contributed by atoms with Crippen molar-refractivity contribution in [3.8, 4) is 5.75 Å². The van der Waals surface area contributed by atoms with Crippen LogP contribution in [0.3, 0.4) is 0 Å². The lowest BCUT2D eigenvalue weighted by molar-refractivity contribution is -0.118. The molecule has 0 saturated carbocycles. The van der Waals surface area contributed by atoms with Gasteiger partial charge in [0.2, 0.25) is 0 Å². The Kier molecular flexibility index (Phi) is 3.72. The molecule has 8 nitrogen and oxygen atoms in total. The van der Waals surface area contributed by atoms with Crippen molar-refractivity contribution in [2.75, 3.05) is 17.2 Å². The van der Waals surface area contributed by atoms with E-state index in [1.807, 2.05) is 24.4 Å². The lowest BCUT2D eigenvalue weighted by atomic mass is 10.00. The van der Waals surface area contributed by atoms with Crippen LogP contribution in [0.4, 0.5) is 11.6 Å². The van der Waals surface area contributed by atoms with Crippen LogP contribution < -0.4 is 15.4 Å². The molecule has 3 aromatic rings. The van der Waals surface area contributed by atoms with Crippen LogP contribution in [-0.2, 0) is 4.79 Å². The van der Waals surface area contributed by atoms with E-state index in [0.717, 1.165) is 22.5 Å². The molecular weight excluding hydrogens is 320 g/mol. The number of ether oxygens (including phenoxy) is 1. The maximum absolute atomic E-state index is 11.5. The molecule has 25 heavy (non-hydrogen) atoms. The molecule has 1 aliphatic rings. The summed E-state index contributed by atoms with van der Waals surface area (Å²) >= 11 is 0. The van der Waals surface area contributed by atoms with Crippen molar-refractivity contribution in [3.05, 3.63) is 36.4 Å². The Hall–Kier alpha value is -3.16. The first-order chi connectivity index (χ1) is 12.1. The fourth-order valence-corrected chi connectivity index (χ4v) is 2.87. The summed E-state index contributed by atoms with van der Waals surface area (Å²) in [6, 6.07) is 5.59. The Morgan fingerprint density at radius 2 is 2.12 bits per heavy atom. The van der Waals surface area contributed by atoms with Gasteiger partial charge < -0.3 is 20.4 Å². The van der Waals surface area contributed by atoms with Crippen LogP contribution in [-0.4, -0.2) is 32.4 Å². The summed E-state index contributed by atoms with van der Waals surface area (Å²) < 4.78 is 5.38. The van der Waals surface area contributed by atoms with E-state index in [-0.39, 0.29) is 24.5 Å². The quantitative estimate of drug-likeness (QED) is 0.675. The number of nitrogens with one attached hydrogen (secondary N) is 3. The monoisotopic (exact) mass is 338 g/mol. The van der Waals surface area contributed by atoms with Gasteiger partial charge in [0.15, 0.2) is 18.2 Å². The Morgan fingerprint density at radius 3 is 2.96 bits per heavy atom. The second-order valence-corrected chi connectivity index (χ2v) is 6.25. The maximum Gasteiger partial charge on any atom is 0.263 e. The summed E-state index contributed by atoms with van der Waals surface area (Å²) in [5.74, 6) is 1.83. The van der Waals surface area contributed by atoms with Crippen LogP contribution >= 0.6 is 0 Å². The number of aromatic amines is 1. The van der Waals surface area contributed by atoms with Crippen LogP contribution in [0.5, 0.6) is 5.75 Å². The number of rotatable bonds is 4. The standard InChI is InChI=1S/C17H18N6O2/c1-9(2)14(23-16-10-5-6-18-15(10)19-8-20-16)11-3-4-12-17(21-11)22-13(24)7-25-12/h3-6,8-9,14H,7H2,1-2H3,(H,21,22,24)(H2,18,19,20,23)/t14-/m1/s1. The van der Waals surface area contributed by atoms with Gasteiger partial charge in [-0.15, -0.1) is 0 Å². The number of carbonyl (C=O) groups excluding carboxylic acids is 1. The zero-order chi connectivity index (χ0) is 17.4. The van der Waals surface area contributed by atoms with Crippen molar-refractivity contribution in [1.82, 2.24) is 19.9 Å². The SMILES string of the molecule is CC(C)[C@@H](Nc1ncnc2[nH]ccc12)c1ccc2c(n1)NC(=O)CO2. The molecule has 0 spiro atoms. The molecule has 1 amide bonds. The number of amides is 1. The zero-order valence-electron chi connectivity index (χ0n) is 13.9. The third-order valence-corrected chi connectivity index (χ3v) is 4.13. The number of H-pyrrole nitrogens is 1. The topological polar surface area (TPSA) is 105 Å². The normalized spacial score (nSPS) is 14.8. The molecular formula is C17H18N6O2. The first kappa shape index (κ1) is 15.4. The second-order valence-electron chi connectivity index (χ2n) is 6.25. The lowest BCUT2D eigenvalue weighted by Crippen LogP contribution is -2.27. The largest absolute Gasteiger partial charge is 0.480 e. The average molecular weight is 338 g/mol.